The molecule has 0 N–H and O–H groups in total. The van der Waals surface area contributed by atoms with Crippen LogP contribution in [0.25, 0.3) is 0 Å². The molecule has 0 saturated heterocycles. The van der Waals surface area contributed by atoms with Crippen molar-refractivity contribution in [2.24, 2.45) is 0 Å². The van der Waals surface area contributed by atoms with Crippen molar-refractivity contribution < 1.29 is 9.59 Å². The van der Waals surface area contributed by atoms with E-state index in [1.54, 1.807) is 6.92 Å². The minimum absolute atomic E-state index is 0.0147. The Hall–Kier alpha value is -2.62. The molecule has 148 valence electrons. The molecule has 1 aliphatic rings. The van der Waals surface area contributed by atoms with Crippen LogP contribution >= 0.6 is 0 Å². The lowest BCUT2D eigenvalue weighted by atomic mass is 9.89. The first-order valence-electron chi connectivity index (χ1n) is 10.3. The molecule has 2 atom stereocenters. The van der Waals surface area contributed by atoms with E-state index in [1.807, 2.05) is 58.3 Å². The van der Waals surface area contributed by atoms with E-state index < -0.39 is 0 Å². The van der Waals surface area contributed by atoms with E-state index in [-0.39, 0.29) is 23.9 Å². The van der Waals surface area contributed by atoms with Crippen LogP contribution in [0, 0.1) is 0 Å². The lowest BCUT2D eigenvalue weighted by Gasteiger charge is -2.43. The van der Waals surface area contributed by atoms with Gasteiger partial charge < -0.3 is 9.80 Å². The number of nitrogens with zero attached hydrogens (tertiary/aromatic N) is 2. The molecule has 0 unspecified atom stereocenters. The van der Waals surface area contributed by atoms with Crippen molar-refractivity contribution in [1.82, 2.24) is 0 Å². The van der Waals surface area contributed by atoms with Gasteiger partial charge in [-0.25, -0.2) is 0 Å². The van der Waals surface area contributed by atoms with Crippen molar-refractivity contribution >= 4 is 23.2 Å². The summed E-state index contributed by atoms with van der Waals surface area (Å²) >= 11 is 0. The summed E-state index contributed by atoms with van der Waals surface area (Å²) in [6, 6.07) is 17.8. The van der Waals surface area contributed by atoms with Gasteiger partial charge in [-0.3, -0.25) is 9.59 Å². The molecule has 0 fully saturated rings. The van der Waals surface area contributed by atoms with E-state index in [4.69, 9.17) is 0 Å². The molecule has 0 spiro atoms. The maximum atomic E-state index is 13.0. The van der Waals surface area contributed by atoms with Crippen LogP contribution in [0.5, 0.6) is 0 Å². The quantitative estimate of drug-likeness (QED) is 0.624. The third kappa shape index (κ3) is 4.11. The van der Waals surface area contributed by atoms with Gasteiger partial charge in [0.05, 0.1) is 6.04 Å². The fourth-order valence-corrected chi connectivity index (χ4v) is 4.22. The van der Waals surface area contributed by atoms with Crippen molar-refractivity contribution in [1.29, 1.82) is 0 Å². The van der Waals surface area contributed by atoms with Gasteiger partial charge in [-0.2, -0.15) is 0 Å². The number of hydrogen-bond acceptors (Lipinski definition) is 2. The summed E-state index contributed by atoms with van der Waals surface area (Å²) in [6.07, 6.45) is 4.40. The number of hydrogen-bond donors (Lipinski definition) is 0. The maximum absolute atomic E-state index is 13.0. The van der Waals surface area contributed by atoms with E-state index in [9.17, 15) is 9.59 Å². The number of para-hydroxylation sites is 2. The Balaban J connectivity index is 1.97. The second-order valence-corrected chi connectivity index (χ2v) is 7.60. The highest BCUT2D eigenvalue weighted by Crippen LogP contribution is 2.42. The molecule has 0 bridgehead atoms. The number of carbonyl (C=O) groups excluding carboxylic acids is 2. The van der Waals surface area contributed by atoms with Crippen LogP contribution in [0.2, 0.25) is 0 Å². The molecule has 0 aliphatic carbocycles. The highest BCUT2D eigenvalue weighted by atomic mass is 16.2. The second kappa shape index (κ2) is 9.05. The van der Waals surface area contributed by atoms with Crippen LogP contribution in [-0.4, -0.2) is 17.9 Å². The predicted molar refractivity (Wildman–Crippen MR) is 114 cm³/mol. The molecular weight excluding hydrogens is 348 g/mol. The van der Waals surface area contributed by atoms with E-state index in [0.29, 0.717) is 6.42 Å². The first-order valence-corrected chi connectivity index (χ1v) is 10.3. The first kappa shape index (κ1) is 20.1. The second-order valence-electron chi connectivity index (χ2n) is 7.60. The summed E-state index contributed by atoms with van der Waals surface area (Å²) in [5.74, 6) is 0.196. The van der Waals surface area contributed by atoms with Crippen molar-refractivity contribution in [2.75, 3.05) is 9.80 Å². The Bertz CT molecular complexity index is 818. The average molecular weight is 379 g/mol. The molecule has 0 saturated carbocycles. The fourth-order valence-electron chi connectivity index (χ4n) is 4.22. The van der Waals surface area contributed by atoms with Gasteiger partial charge in [-0.05, 0) is 43.5 Å². The maximum Gasteiger partial charge on any atom is 0.227 e. The number of fused-ring (bicyclic) bond motifs is 1. The number of unbranched alkanes of at least 4 members (excludes halogenated alkanes) is 2. The molecule has 0 aromatic heterocycles. The molecule has 3 rings (SSSR count). The minimum atomic E-state index is -0.0780. The third-order valence-corrected chi connectivity index (χ3v) is 5.51. The van der Waals surface area contributed by atoms with E-state index in [0.717, 1.165) is 42.6 Å². The van der Waals surface area contributed by atoms with Crippen LogP contribution in [0.3, 0.4) is 0 Å². The average Bonchev–Trinajstić information content (AvgIpc) is 2.69. The zero-order chi connectivity index (χ0) is 20.1. The number of rotatable bonds is 6. The van der Waals surface area contributed by atoms with E-state index in [2.05, 4.69) is 19.9 Å². The molecule has 28 heavy (non-hydrogen) atoms. The summed E-state index contributed by atoms with van der Waals surface area (Å²) in [7, 11) is 0. The topological polar surface area (TPSA) is 40.6 Å². The summed E-state index contributed by atoms with van der Waals surface area (Å²) in [6.45, 7) is 5.85. The Morgan fingerprint density at radius 2 is 1.71 bits per heavy atom. The lowest BCUT2D eigenvalue weighted by Crippen LogP contribution is -2.47. The molecule has 4 nitrogen and oxygen atoms in total. The third-order valence-electron chi connectivity index (χ3n) is 5.51. The van der Waals surface area contributed by atoms with Crippen molar-refractivity contribution in [3.8, 4) is 0 Å². The van der Waals surface area contributed by atoms with Gasteiger partial charge in [0.2, 0.25) is 11.8 Å². The standard InChI is InChI=1S/C24H30N2O2/c1-4-5-7-16-24(28)25-18(2)17-23(21-14-10-11-15-22(21)25)26(19(3)27)20-12-8-6-9-13-20/h6,8-15,18,23H,4-5,7,16-17H2,1-3H3/t18-,23+/m0/s1. The van der Waals surface area contributed by atoms with Crippen LogP contribution in [0.1, 0.15) is 64.5 Å². The highest BCUT2D eigenvalue weighted by Gasteiger charge is 2.37. The Kier molecular flexibility index (Phi) is 6.50. The van der Waals surface area contributed by atoms with Gasteiger partial charge in [0.15, 0.2) is 0 Å². The van der Waals surface area contributed by atoms with E-state index in [1.165, 1.54) is 0 Å². The summed E-state index contributed by atoms with van der Waals surface area (Å²) in [5.41, 5.74) is 2.88. The zero-order valence-electron chi connectivity index (χ0n) is 17.1. The highest BCUT2D eigenvalue weighted by molar-refractivity contribution is 5.97. The predicted octanol–water partition coefficient (Wildman–Crippen LogP) is 5.49. The number of anilines is 2. The molecular formula is C24H30N2O2. The van der Waals surface area contributed by atoms with Crippen LogP contribution < -0.4 is 9.80 Å². The smallest absolute Gasteiger partial charge is 0.227 e. The Morgan fingerprint density at radius 3 is 2.39 bits per heavy atom. The Morgan fingerprint density at radius 1 is 1.04 bits per heavy atom. The first-order chi connectivity index (χ1) is 13.5. The number of carbonyl (C=O) groups is 2. The molecule has 1 heterocycles. The molecule has 4 heteroatoms. The fraction of sp³-hybridized carbons (Fsp3) is 0.417. The van der Waals surface area contributed by atoms with Gasteiger partial charge in [-0.15, -0.1) is 0 Å². The summed E-state index contributed by atoms with van der Waals surface area (Å²) in [5, 5.41) is 0. The normalized spacial score (nSPS) is 18.5. The number of amides is 2. The Labute approximate surface area is 168 Å². The van der Waals surface area contributed by atoms with E-state index >= 15 is 0 Å². The lowest BCUT2D eigenvalue weighted by molar-refractivity contribution is -0.119. The summed E-state index contributed by atoms with van der Waals surface area (Å²) in [4.78, 5) is 29.4. The van der Waals surface area contributed by atoms with Crippen LogP contribution in [0.15, 0.2) is 54.6 Å². The minimum Gasteiger partial charge on any atom is -0.309 e. The van der Waals surface area contributed by atoms with Crippen molar-refractivity contribution in [3.63, 3.8) is 0 Å². The SMILES string of the molecule is CCCCCC(=O)N1c2ccccc2[C@H](N(C(C)=O)c2ccccc2)C[C@@H]1C. The molecule has 0 radical (unpaired) electrons. The van der Waals surface area contributed by atoms with Gasteiger partial charge in [-0.1, -0.05) is 56.2 Å². The molecule has 2 amide bonds. The molecule has 2 aromatic rings. The van der Waals surface area contributed by atoms with Crippen LogP contribution in [-0.2, 0) is 9.59 Å². The molecule has 1 aliphatic heterocycles. The monoisotopic (exact) mass is 378 g/mol. The van der Waals surface area contributed by atoms with Gasteiger partial charge >= 0.3 is 0 Å². The zero-order valence-corrected chi connectivity index (χ0v) is 17.1. The van der Waals surface area contributed by atoms with Gasteiger partial charge in [0, 0.05) is 30.8 Å². The van der Waals surface area contributed by atoms with Gasteiger partial charge in [0.25, 0.3) is 0 Å². The number of benzene rings is 2. The van der Waals surface area contributed by atoms with Crippen molar-refractivity contribution in [3.05, 3.63) is 60.2 Å². The van der Waals surface area contributed by atoms with Gasteiger partial charge in [0.1, 0.15) is 0 Å². The molecule has 2 aromatic carbocycles. The van der Waals surface area contributed by atoms with Crippen LogP contribution in [0.4, 0.5) is 11.4 Å². The summed E-state index contributed by atoms with van der Waals surface area (Å²) < 4.78 is 0. The van der Waals surface area contributed by atoms with Crippen molar-refractivity contribution in [2.45, 2.75) is 65.0 Å². The largest absolute Gasteiger partial charge is 0.309 e.